The molecule has 2 N–H and O–H groups in total. The summed E-state index contributed by atoms with van der Waals surface area (Å²) >= 11 is 0. The van der Waals surface area contributed by atoms with Crippen LogP contribution in [-0.2, 0) is 26.8 Å². The first-order valence-electron chi connectivity index (χ1n) is 15.6. The summed E-state index contributed by atoms with van der Waals surface area (Å²) in [5.74, 6) is 0.244. The number of likely N-dealkylation sites (tertiary alicyclic amines) is 1. The molecule has 5 heteroatoms. The zero-order chi connectivity index (χ0) is 32.1. The highest BCUT2D eigenvalue weighted by Gasteiger charge is 2.61. The average Bonchev–Trinajstić information content (AvgIpc) is 2.70. The fourth-order valence-corrected chi connectivity index (χ4v) is 8.38. The largest absolute Gasteiger partial charge is 0.507 e. The molecule has 0 aliphatic carbocycles. The SMILES string of the molecule is CC(C)(C)c1cc(CCC(=O)OCCN2C(C)(C)C(C(C)(C)C)C(O)C(C(C)(C)C)C2(C)C)cc(C(C)(C)C)c1O. The zero-order valence-corrected chi connectivity index (χ0v) is 29.4. The second kappa shape index (κ2) is 11.5. The normalized spacial score (nSPS) is 23.9. The second-order valence-electron chi connectivity index (χ2n) is 17.9. The van der Waals surface area contributed by atoms with E-state index in [-0.39, 0.29) is 50.5 Å². The van der Waals surface area contributed by atoms with Crippen LogP contribution in [0.15, 0.2) is 12.1 Å². The Kier molecular flexibility index (Phi) is 9.98. The Labute approximate surface area is 252 Å². The molecule has 0 saturated carbocycles. The van der Waals surface area contributed by atoms with Gasteiger partial charge in [0, 0.05) is 35.9 Å². The average molecular weight is 574 g/mol. The zero-order valence-electron chi connectivity index (χ0n) is 29.4. The van der Waals surface area contributed by atoms with E-state index in [0.717, 1.165) is 16.7 Å². The van der Waals surface area contributed by atoms with Gasteiger partial charge in [-0.1, -0.05) is 95.2 Å². The molecule has 0 amide bonds. The van der Waals surface area contributed by atoms with Crippen molar-refractivity contribution in [1.29, 1.82) is 0 Å². The van der Waals surface area contributed by atoms with Crippen LogP contribution in [0.3, 0.4) is 0 Å². The van der Waals surface area contributed by atoms with Crippen LogP contribution in [0.2, 0.25) is 0 Å². The van der Waals surface area contributed by atoms with E-state index >= 15 is 0 Å². The molecule has 1 aromatic carbocycles. The molecule has 0 spiro atoms. The minimum atomic E-state index is -0.444. The number of phenols is 1. The van der Waals surface area contributed by atoms with E-state index in [2.05, 4.69) is 116 Å². The van der Waals surface area contributed by atoms with Crippen molar-refractivity contribution in [1.82, 2.24) is 4.90 Å². The molecule has 236 valence electrons. The predicted molar refractivity (Wildman–Crippen MR) is 172 cm³/mol. The number of esters is 1. The molecule has 1 aromatic rings. The molecule has 1 heterocycles. The van der Waals surface area contributed by atoms with Crippen LogP contribution in [0.1, 0.15) is 134 Å². The number of rotatable bonds is 6. The molecule has 2 unspecified atom stereocenters. The van der Waals surface area contributed by atoms with E-state index in [4.69, 9.17) is 4.74 Å². The lowest BCUT2D eigenvalue weighted by Gasteiger charge is -2.66. The molecule has 2 atom stereocenters. The summed E-state index contributed by atoms with van der Waals surface area (Å²) in [6, 6.07) is 4.09. The van der Waals surface area contributed by atoms with Gasteiger partial charge in [-0.3, -0.25) is 9.69 Å². The number of hydrogen-bond acceptors (Lipinski definition) is 5. The highest BCUT2D eigenvalue weighted by atomic mass is 16.5. The van der Waals surface area contributed by atoms with Gasteiger partial charge in [-0.15, -0.1) is 0 Å². The van der Waals surface area contributed by atoms with Gasteiger partial charge in [0.25, 0.3) is 0 Å². The maximum absolute atomic E-state index is 13.0. The third-order valence-electron chi connectivity index (χ3n) is 9.44. The van der Waals surface area contributed by atoms with Crippen molar-refractivity contribution in [3.05, 3.63) is 28.8 Å². The van der Waals surface area contributed by atoms with Gasteiger partial charge in [0.15, 0.2) is 0 Å². The Balaban J connectivity index is 2.23. The van der Waals surface area contributed by atoms with Crippen molar-refractivity contribution in [3.63, 3.8) is 0 Å². The van der Waals surface area contributed by atoms with Gasteiger partial charge in [-0.2, -0.15) is 0 Å². The molecule has 1 fully saturated rings. The predicted octanol–water partition coefficient (Wildman–Crippen LogP) is 8.02. The van der Waals surface area contributed by atoms with Gasteiger partial charge in [0.05, 0.1) is 6.10 Å². The molecular formula is C36H63NO4. The molecule has 2 rings (SSSR count). The van der Waals surface area contributed by atoms with Crippen molar-refractivity contribution < 1.29 is 19.7 Å². The minimum Gasteiger partial charge on any atom is -0.507 e. The summed E-state index contributed by atoms with van der Waals surface area (Å²) in [6.45, 7) is 35.8. The van der Waals surface area contributed by atoms with Crippen LogP contribution >= 0.6 is 0 Å². The lowest BCUT2D eigenvalue weighted by atomic mass is 9.53. The number of carbonyl (C=O) groups is 1. The van der Waals surface area contributed by atoms with Gasteiger partial charge < -0.3 is 14.9 Å². The summed E-state index contributed by atoms with van der Waals surface area (Å²) in [5.41, 5.74) is 1.65. The summed E-state index contributed by atoms with van der Waals surface area (Å²) in [6.07, 6.45) is 0.412. The minimum absolute atomic E-state index is 0.0477. The van der Waals surface area contributed by atoms with Gasteiger partial charge in [-0.25, -0.2) is 0 Å². The van der Waals surface area contributed by atoms with Crippen LogP contribution in [0.4, 0.5) is 0 Å². The monoisotopic (exact) mass is 573 g/mol. The first-order chi connectivity index (χ1) is 18.1. The summed E-state index contributed by atoms with van der Waals surface area (Å²) in [4.78, 5) is 15.5. The number of nitrogens with zero attached hydrogens (tertiary/aromatic N) is 1. The van der Waals surface area contributed by atoms with Crippen molar-refractivity contribution >= 4 is 5.97 Å². The Hall–Kier alpha value is -1.59. The van der Waals surface area contributed by atoms with Gasteiger partial charge in [-0.05, 0) is 72.5 Å². The smallest absolute Gasteiger partial charge is 0.306 e. The lowest BCUT2D eigenvalue weighted by molar-refractivity contribution is -0.216. The van der Waals surface area contributed by atoms with Gasteiger partial charge >= 0.3 is 5.97 Å². The Morgan fingerprint density at radius 3 is 1.54 bits per heavy atom. The number of aromatic hydroxyl groups is 1. The number of ether oxygens (including phenoxy) is 1. The maximum Gasteiger partial charge on any atom is 0.306 e. The van der Waals surface area contributed by atoms with Crippen molar-refractivity contribution in [2.24, 2.45) is 22.7 Å². The summed E-state index contributed by atoms with van der Waals surface area (Å²) in [7, 11) is 0. The number of phenolic OH excluding ortho intramolecular Hbond substituents is 1. The van der Waals surface area contributed by atoms with Crippen molar-refractivity contribution in [2.45, 2.75) is 152 Å². The molecule has 5 nitrogen and oxygen atoms in total. The number of aliphatic hydroxyl groups is 1. The number of piperidine rings is 1. The standard InChI is InChI=1S/C36H63NO4/c1-31(2,3)24-21-23(22-25(27(24)39)32(4,5)6)17-18-26(38)41-20-19-37-35(13,14)29(33(7,8)9)28(40)30(34(10,11)12)36(37,15)16/h21-22,28-30,39-40H,17-20H2,1-16H3. The lowest BCUT2D eigenvalue weighted by Crippen LogP contribution is -2.74. The topological polar surface area (TPSA) is 70.0 Å². The maximum atomic E-state index is 13.0. The van der Waals surface area contributed by atoms with E-state index < -0.39 is 6.10 Å². The van der Waals surface area contributed by atoms with Crippen molar-refractivity contribution in [2.75, 3.05) is 13.2 Å². The Morgan fingerprint density at radius 2 is 1.20 bits per heavy atom. The van der Waals surface area contributed by atoms with E-state index in [1.165, 1.54) is 0 Å². The van der Waals surface area contributed by atoms with Crippen molar-refractivity contribution in [3.8, 4) is 5.75 Å². The molecule has 1 aliphatic rings. The van der Waals surface area contributed by atoms with Crippen LogP contribution in [0.25, 0.3) is 0 Å². The fourth-order valence-electron chi connectivity index (χ4n) is 8.38. The van der Waals surface area contributed by atoms with E-state index in [9.17, 15) is 15.0 Å². The Morgan fingerprint density at radius 1 is 0.805 bits per heavy atom. The third kappa shape index (κ3) is 7.68. The van der Waals surface area contributed by atoms with Crippen LogP contribution in [0.5, 0.6) is 5.75 Å². The highest BCUT2D eigenvalue weighted by Crippen LogP contribution is 2.55. The van der Waals surface area contributed by atoms with Gasteiger partial charge in [0.1, 0.15) is 12.4 Å². The molecule has 1 saturated heterocycles. The molecule has 0 aromatic heterocycles. The molecule has 41 heavy (non-hydrogen) atoms. The third-order valence-corrected chi connectivity index (χ3v) is 9.44. The number of aliphatic hydroxyl groups excluding tert-OH is 1. The molecule has 0 radical (unpaired) electrons. The molecular weight excluding hydrogens is 510 g/mol. The van der Waals surface area contributed by atoms with E-state index in [1.807, 2.05) is 12.1 Å². The number of hydrogen-bond donors (Lipinski definition) is 2. The van der Waals surface area contributed by atoms with Crippen LogP contribution < -0.4 is 0 Å². The number of aryl methyl sites for hydroxylation is 1. The molecule has 0 bridgehead atoms. The Bertz CT molecular complexity index is 1000. The van der Waals surface area contributed by atoms with E-state index in [0.29, 0.717) is 31.7 Å². The second-order valence-corrected chi connectivity index (χ2v) is 17.9. The number of benzene rings is 1. The van der Waals surface area contributed by atoms with Crippen LogP contribution in [0, 0.1) is 22.7 Å². The summed E-state index contributed by atoms with van der Waals surface area (Å²) in [5, 5.41) is 22.8. The van der Waals surface area contributed by atoms with Gasteiger partial charge in [0.2, 0.25) is 0 Å². The highest BCUT2D eigenvalue weighted by molar-refractivity contribution is 5.69. The number of carbonyl (C=O) groups excluding carboxylic acids is 1. The first kappa shape index (κ1) is 35.6. The van der Waals surface area contributed by atoms with E-state index in [1.54, 1.807) is 0 Å². The van der Waals surface area contributed by atoms with Crippen LogP contribution in [-0.4, -0.2) is 51.4 Å². The summed E-state index contributed by atoms with van der Waals surface area (Å²) < 4.78 is 5.85. The fraction of sp³-hybridized carbons (Fsp3) is 0.806. The first-order valence-corrected chi connectivity index (χ1v) is 15.6. The molecule has 1 aliphatic heterocycles. The quantitative estimate of drug-likeness (QED) is 0.337.